The van der Waals surface area contributed by atoms with Gasteiger partial charge in [0.15, 0.2) is 5.82 Å². The molecule has 0 aliphatic carbocycles. The van der Waals surface area contributed by atoms with Gasteiger partial charge in [-0.1, -0.05) is 24.8 Å². The van der Waals surface area contributed by atoms with Crippen molar-refractivity contribution in [1.29, 1.82) is 0 Å². The number of likely N-dealkylation sites (N-methyl/N-ethyl adjacent to an activating group) is 2. The number of aromatic nitrogens is 6. The average molecular weight is 595 g/mol. The third-order valence-electron chi connectivity index (χ3n) is 7.58. The predicted octanol–water partition coefficient (Wildman–Crippen LogP) is 4.61. The molecule has 12 nitrogen and oxygen atoms in total. The summed E-state index contributed by atoms with van der Waals surface area (Å²) in [5, 5.41) is 16.0. The molecule has 5 rings (SSSR count). The highest BCUT2D eigenvalue weighted by Gasteiger charge is 2.22. The van der Waals surface area contributed by atoms with E-state index < -0.39 is 0 Å². The first kappa shape index (κ1) is 30.2. The zero-order valence-corrected chi connectivity index (χ0v) is 26.2. The molecule has 0 aliphatic rings. The molecule has 12 heteroatoms. The number of para-hydroxylation sites is 1. The second kappa shape index (κ2) is 12.6. The summed E-state index contributed by atoms with van der Waals surface area (Å²) in [6, 6.07) is 11.9. The molecule has 1 amide bonds. The van der Waals surface area contributed by atoms with Crippen molar-refractivity contribution in [3.63, 3.8) is 0 Å². The second-order valence-corrected chi connectivity index (χ2v) is 10.9. The van der Waals surface area contributed by atoms with Crippen molar-refractivity contribution >= 4 is 39.8 Å². The Kier molecular flexibility index (Phi) is 8.63. The van der Waals surface area contributed by atoms with Crippen LogP contribution in [0.2, 0.25) is 0 Å². The fourth-order valence-electron chi connectivity index (χ4n) is 5.01. The van der Waals surface area contributed by atoms with Crippen molar-refractivity contribution in [2.45, 2.75) is 6.92 Å². The van der Waals surface area contributed by atoms with Crippen LogP contribution in [-0.4, -0.2) is 81.4 Å². The normalized spacial score (nSPS) is 11.2. The number of fused-ring (bicyclic) bond motifs is 1. The number of ether oxygens (including phenoxy) is 1. The van der Waals surface area contributed by atoms with Crippen LogP contribution in [0.4, 0.5) is 23.0 Å². The maximum Gasteiger partial charge on any atom is 0.247 e. The average Bonchev–Trinajstić information content (AvgIpc) is 3.53. The first-order valence-corrected chi connectivity index (χ1v) is 14.2. The highest BCUT2D eigenvalue weighted by molar-refractivity contribution is 6.02. The fourth-order valence-corrected chi connectivity index (χ4v) is 5.01. The van der Waals surface area contributed by atoms with E-state index in [1.165, 1.54) is 6.08 Å². The molecule has 3 aromatic heterocycles. The lowest BCUT2D eigenvalue weighted by Gasteiger charge is -2.26. The second-order valence-electron chi connectivity index (χ2n) is 10.9. The van der Waals surface area contributed by atoms with Gasteiger partial charge in [0.2, 0.25) is 11.9 Å². The Morgan fingerprint density at radius 1 is 1.07 bits per heavy atom. The third-order valence-corrected chi connectivity index (χ3v) is 7.58. The number of carbonyl (C=O) groups excluding carboxylic acids is 1. The lowest BCUT2D eigenvalue weighted by Crippen LogP contribution is -2.29. The molecule has 0 spiro atoms. The Labute approximate surface area is 257 Å². The first-order valence-electron chi connectivity index (χ1n) is 14.2. The van der Waals surface area contributed by atoms with Gasteiger partial charge in [-0.15, -0.1) is 10.2 Å². The summed E-state index contributed by atoms with van der Waals surface area (Å²) < 4.78 is 9.79. The minimum absolute atomic E-state index is 0.318. The highest BCUT2D eigenvalue weighted by atomic mass is 16.5. The molecule has 0 aliphatic heterocycles. The third kappa shape index (κ3) is 5.97. The number of anilines is 4. The van der Waals surface area contributed by atoms with Gasteiger partial charge in [-0.05, 0) is 39.2 Å². The molecule has 0 saturated carbocycles. The van der Waals surface area contributed by atoms with Crippen LogP contribution in [-0.2, 0) is 18.9 Å². The van der Waals surface area contributed by atoms with Crippen LogP contribution in [0.5, 0.6) is 5.75 Å². The van der Waals surface area contributed by atoms with Gasteiger partial charge >= 0.3 is 0 Å². The van der Waals surface area contributed by atoms with E-state index in [4.69, 9.17) is 9.72 Å². The maximum absolute atomic E-state index is 12.4. The Morgan fingerprint density at radius 3 is 2.52 bits per heavy atom. The number of nitrogens with one attached hydrogen (secondary N) is 2. The summed E-state index contributed by atoms with van der Waals surface area (Å²) in [6.45, 7) is 7.08. The van der Waals surface area contributed by atoms with Crippen molar-refractivity contribution in [1.82, 2.24) is 34.2 Å². The van der Waals surface area contributed by atoms with Crippen molar-refractivity contribution in [2.75, 3.05) is 56.9 Å². The molecular weight excluding hydrogens is 556 g/mol. The van der Waals surface area contributed by atoms with Gasteiger partial charge in [0.25, 0.3) is 0 Å². The first-order chi connectivity index (χ1) is 21.1. The van der Waals surface area contributed by atoms with Crippen LogP contribution in [0.1, 0.15) is 5.82 Å². The highest BCUT2D eigenvalue weighted by Crippen LogP contribution is 2.39. The van der Waals surface area contributed by atoms with Gasteiger partial charge in [0, 0.05) is 69.2 Å². The SMILES string of the molecule is C=CC(=O)Nc1cc(Nc2ncc(-c3nnc(C)n3C)c(-c3cn(C)c4ccccc34)n2)c(OC)cc1N(C)CCN(C)C. The van der Waals surface area contributed by atoms with Gasteiger partial charge < -0.3 is 34.3 Å². The number of rotatable bonds is 11. The smallest absolute Gasteiger partial charge is 0.247 e. The van der Waals surface area contributed by atoms with Crippen LogP contribution in [0, 0.1) is 6.92 Å². The summed E-state index contributed by atoms with van der Waals surface area (Å²) >= 11 is 0. The lowest BCUT2D eigenvalue weighted by molar-refractivity contribution is -0.111. The lowest BCUT2D eigenvalue weighted by atomic mass is 10.1. The van der Waals surface area contributed by atoms with Gasteiger partial charge in [-0.3, -0.25) is 4.79 Å². The molecule has 228 valence electrons. The minimum Gasteiger partial charge on any atom is -0.494 e. The molecule has 0 bridgehead atoms. The number of carbonyl (C=O) groups is 1. The minimum atomic E-state index is -0.318. The van der Waals surface area contributed by atoms with E-state index in [1.807, 2.05) is 71.0 Å². The number of amides is 1. The standard InChI is InChI=1S/C32H38N10O2/c1-9-29(43)34-24-16-25(28(44-8)17-27(24)40(5)15-14-39(3)4)35-32-33-18-22(31-38-37-20(2)42(31)7)30(36-32)23-19-41(6)26-13-11-10-12-21(23)26/h9-13,16-19H,1,14-15H2,2-8H3,(H,34,43)(H,33,35,36). The summed E-state index contributed by atoms with van der Waals surface area (Å²) in [5.41, 5.74) is 5.45. The summed E-state index contributed by atoms with van der Waals surface area (Å²) in [6.07, 6.45) is 5.06. The maximum atomic E-state index is 12.4. The monoisotopic (exact) mass is 594 g/mol. The molecule has 5 aromatic rings. The summed E-state index contributed by atoms with van der Waals surface area (Å²) in [4.78, 5) is 26.3. The van der Waals surface area contributed by atoms with Crippen molar-refractivity contribution in [2.24, 2.45) is 14.1 Å². The van der Waals surface area contributed by atoms with Gasteiger partial charge in [-0.25, -0.2) is 9.97 Å². The van der Waals surface area contributed by atoms with Crippen molar-refractivity contribution < 1.29 is 9.53 Å². The van der Waals surface area contributed by atoms with Crippen molar-refractivity contribution in [3.05, 3.63) is 67.3 Å². The molecule has 0 atom stereocenters. The molecule has 0 radical (unpaired) electrons. The van der Waals surface area contributed by atoms with Gasteiger partial charge in [-0.2, -0.15) is 0 Å². The molecule has 44 heavy (non-hydrogen) atoms. The topological polar surface area (TPSA) is 118 Å². The summed E-state index contributed by atoms with van der Waals surface area (Å²) in [7, 11) is 11.6. The fraction of sp³-hybridized carbons (Fsp3) is 0.281. The number of hydrogen-bond donors (Lipinski definition) is 2. The van der Waals surface area contributed by atoms with E-state index in [-0.39, 0.29) is 5.91 Å². The van der Waals surface area contributed by atoms with E-state index in [9.17, 15) is 4.79 Å². The Morgan fingerprint density at radius 2 is 1.84 bits per heavy atom. The number of methoxy groups -OCH3 is 1. The Bertz CT molecular complexity index is 1840. The van der Waals surface area contributed by atoms with Crippen LogP contribution in [0.25, 0.3) is 33.5 Å². The quantitative estimate of drug-likeness (QED) is 0.211. The van der Waals surface area contributed by atoms with E-state index in [0.29, 0.717) is 34.6 Å². The van der Waals surface area contributed by atoms with Crippen molar-refractivity contribution in [3.8, 4) is 28.4 Å². The molecule has 2 N–H and O–H groups in total. The number of hydrogen-bond acceptors (Lipinski definition) is 9. The summed E-state index contributed by atoms with van der Waals surface area (Å²) in [5.74, 6) is 2.04. The largest absolute Gasteiger partial charge is 0.494 e. The van der Waals surface area contributed by atoms with E-state index in [0.717, 1.165) is 46.6 Å². The van der Waals surface area contributed by atoms with Crippen LogP contribution >= 0.6 is 0 Å². The van der Waals surface area contributed by atoms with Gasteiger partial charge in [0.05, 0.1) is 35.4 Å². The van der Waals surface area contributed by atoms with E-state index in [2.05, 4.69) is 65.1 Å². The Balaban J connectivity index is 1.63. The van der Waals surface area contributed by atoms with Gasteiger partial charge in [0.1, 0.15) is 11.6 Å². The van der Waals surface area contributed by atoms with E-state index in [1.54, 1.807) is 13.3 Å². The zero-order chi connectivity index (χ0) is 31.5. The molecule has 3 heterocycles. The van der Waals surface area contributed by atoms with Crippen LogP contribution < -0.4 is 20.3 Å². The zero-order valence-electron chi connectivity index (χ0n) is 26.2. The Hall–Kier alpha value is -5.23. The predicted molar refractivity (Wildman–Crippen MR) is 176 cm³/mol. The number of aryl methyl sites for hydroxylation is 2. The number of benzene rings is 2. The number of nitrogens with zero attached hydrogens (tertiary/aromatic N) is 8. The molecule has 0 saturated heterocycles. The van der Waals surface area contributed by atoms with E-state index >= 15 is 0 Å². The molecule has 2 aromatic carbocycles. The molecule has 0 fully saturated rings. The van der Waals surface area contributed by atoms with Crippen LogP contribution in [0.15, 0.2) is 61.4 Å². The molecule has 0 unspecified atom stereocenters. The molecular formula is C32H38N10O2. The van der Waals surface area contributed by atoms with Crippen LogP contribution in [0.3, 0.4) is 0 Å².